The van der Waals surface area contributed by atoms with Crippen LogP contribution in [0.25, 0.3) is 10.9 Å². The van der Waals surface area contributed by atoms with Crippen LogP contribution in [-0.2, 0) is 13.0 Å². The average molecular weight is 280 g/mol. The summed E-state index contributed by atoms with van der Waals surface area (Å²) in [6.45, 7) is 2.85. The zero-order valence-corrected chi connectivity index (χ0v) is 11.9. The van der Waals surface area contributed by atoms with Crippen LogP contribution in [0.2, 0.25) is 0 Å². The lowest BCUT2D eigenvalue weighted by Crippen LogP contribution is -2.12. The molecule has 1 aromatic carbocycles. The summed E-state index contributed by atoms with van der Waals surface area (Å²) in [5, 5.41) is 5.04. The summed E-state index contributed by atoms with van der Waals surface area (Å²) in [4.78, 5) is 21.1. The largest absolute Gasteiger partial charge is 0.294 e. The van der Waals surface area contributed by atoms with E-state index in [0.717, 1.165) is 23.9 Å². The molecule has 0 aliphatic rings. The molecule has 0 amide bonds. The zero-order valence-electron chi connectivity index (χ0n) is 11.9. The molecular weight excluding hydrogens is 264 g/mol. The summed E-state index contributed by atoms with van der Waals surface area (Å²) in [5.41, 5.74) is 1.52. The molecule has 106 valence electrons. The Kier molecular flexibility index (Phi) is 3.73. The average Bonchev–Trinajstić information content (AvgIpc) is 2.94. The van der Waals surface area contributed by atoms with Crippen molar-refractivity contribution >= 4 is 16.7 Å². The van der Waals surface area contributed by atoms with Crippen molar-refractivity contribution in [3.8, 4) is 0 Å². The Labute approximate surface area is 122 Å². The van der Waals surface area contributed by atoms with Crippen LogP contribution in [0.1, 0.15) is 29.5 Å². The number of Topliss-reactive ketones (excluding diaryl/α,β-unsaturated/α-hetero) is 1. The molecular formula is C16H16N4O. The van der Waals surface area contributed by atoms with E-state index in [2.05, 4.69) is 22.0 Å². The molecule has 0 radical (unpaired) electrons. The number of aromatic nitrogens is 4. The lowest BCUT2D eigenvalue weighted by molar-refractivity contribution is 0.0991. The number of carbonyl (C=O) groups excluding carboxylic acids is 1. The maximum atomic E-state index is 12.6. The number of fused-ring (bicyclic) bond motifs is 1. The maximum Gasteiger partial charge on any atom is 0.171 e. The standard InChI is InChI=1S/C16H16N4O/c1-2-9-20-16(18-11-19-20)10-15(21)13-7-8-17-14-6-4-3-5-12(13)14/h3-8,11H,2,9-10H2,1H3. The highest BCUT2D eigenvalue weighted by Crippen LogP contribution is 2.17. The van der Waals surface area contributed by atoms with Crippen LogP contribution < -0.4 is 0 Å². The lowest BCUT2D eigenvalue weighted by Gasteiger charge is -2.06. The molecule has 5 heteroatoms. The van der Waals surface area contributed by atoms with Gasteiger partial charge in [0.25, 0.3) is 0 Å². The molecule has 0 aliphatic carbocycles. The molecule has 2 heterocycles. The first kappa shape index (κ1) is 13.4. The summed E-state index contributed by atoms with van der Waals surface area (Å²) in [6, 6.07) is 9.44. The first-order valence-corrected chi connectivity index (χ1v) is 7.03. The molecule has 3 aromatic rings. The Morgan fingerprint density at radius 2 is 2.05 bits per heavy atom. The van der Waals surface area contributed by atoms with Gasteiger partial charge in [-0.1, -0.05) is 25.1 Å². The number of carbonyl (C=O) groups is 1. The fourth-order valence-corrected chi connectivity index (χ4v) is 2.40. The molecule has 0 bridgehead atoms. The summed E-state index contributed by atoms with van der Waals surface area (Å²) < 4.78 is 1.79. The molecule has 0 saturated heterocycles. The third-order valence-corrected chi connectivity index (χ3v) is 3.40. The van der Waals surface area contributed by atoms with Crippen LogP contribution in [-0.4, -0.2) is 25.5 Å². The van der Waals surface area contributed by atoms with Crippen molar-refractivity contribution in [2.45, 2.75) is 26.3 Å². The second-order valence-corrected chi connectivity index (χ2v) is 4.88. The Hall–Kier alpha value is -2.56. The molecule has 0 spiro atoms. The van der Waals surface area contributed by atoms with E-state index >= 15 is 0 Å². The predicted octanol–water partition coefficient (Wildman–Crippen LogP) is 2.66. The number of hydrogen-bond donors (Lipinski definition) is 0. The van der Waals surface area contributed by atoms with E-state index in [1.165, 1.54) is 6.33 Å². The van der Waals surface area contributed by atoms with Gasteiger partial charge in [0.1, 0.15) is 12.2 Å². The van der Waals surface area contributed by atoms with Crippen LogP contribution >= 0.6 is 0 Å². The fourth-order valence-electron chi connectivity index (χ4n) is 2.40. The summed E-state index contributed by atoms with van der Waals surface area (Å²) in [5.74, 6) is 0.752. The van der Waals surface area contributed by atoms with Crippen molar-refractivity contribution in [1.29, 1.82) is 0 Å². The number of benzene rings is 1. The van der Waals surface area contributed by atoms with Crippen molar-refractivity contribution in [3.05, 3.63) is 54.2 Å². The van der Waals surface area contributed by atoms with Crippen molar-refractivity contribution in [2.75, 3.05) is 0 Å². The van der Waals surface area contributed by atoms with Crippen LogP contribution in [0.15, 0.2) is 42.9 Å². The van der Waals surface area contributed by atoms with Crippen molar-refractivity contribution in [1.82, 2.24) is 19.7 Å². The van der Waals surface area contributed by atoms with E-state index in [4.69, 9.17) is 0 Å². The first-order chi connectivity index (χ1) is 10.3. The second-order valence-electron chi connectivity index (χ2n) is 4.88. The number of pyridine rings is 1. The fraction of sp³-hybridized carbons (Fsp3) is 0.250. The van der Waals surface area contributed by atoms with E-state index in [0.29, 0.717) is 11.4 Å². The van der Waals surface area contributed by atoms with Gasteiger partial charge in [-0.05, 0) is 18.6 Å². The van der Waals surface area contributed by atoms with Gasteiger partial charge in [-0.2, -0.15) is 5.10 Å². The van der Waals surface area contributed by atoms with Crippen LogP contribution in [0.4, 0.5) is 0 Å². The van der Waals surface area contributed by atoms with E-state index in [-0.39, 0.29) is 12.2 Å². The van der Waals surface area contributed by atoms with Gasteiger partial charge in [-0.25, -0.2) is 9.67 Å². The van der Waals surface area contributed by atoms with Crippen LogP contribution in [0, 0.1) is 0 Å². The lowest BCUT2D eigenvalue weighted by atomic mass is 10.0. The number of nitrogens with zero attached hydrogens (tertiary/aromatic N) is 4. The third-order valence-electron chi connectivity index (χ3n) is 3.40. The Balaban J connectivity index is 1.92. The molecule has 0 saturated carbocycles. The molecule has 0 N–H and O–H groups in total. The number of rotatable bonds is 5. The number of hydrogen-bond acceptors (Lipinski definition) is 4. The van der Waals surface area contributed by atoms with Crippen LogP contribution in [0.5, 0.6) is 0 Å². The Morgan fingerprint density at radius 3 is 2.90 bits per heavy atom. The van der Waals surface area contributed by atoms with Crippen molar-refractivity contribution in [2.24, 2.45) is 0 Å². The quantitative estimate of drug-likeness (QED) is 0.674. The molecule has 3 rings (SSSR count). The SMILES string of the molecule is CCCn1ncnc1CC(=O)c1ccnc2ccccc12. The van der Waals surface area contributed by atoms with E-state index in [1.54, 1.807) is 16.9 Å². The summed E-state index contributed by atoms with van der Waals surface area (Å²) >= 11 is 0. The normalized spacial score (nSPS) is 10.9. The summed E-state index contributed by atoms with van der Waals surface area (Å²) in [6.07, 6.45) is 4.39. The minimum Gasteiger partial charge on any atom is -0.294 e. The molecule has 21 heavy (non-hydrogen) atoms. The number of ketones is 1. The minimum absolute atomic E-state index is 0.0407. The summed E-state index contributed by atoms with van der Waals surface area (Å²) in [7, 11) is 0. The van der Waals surface area contributed by atoms with Gasteiger partial charge >= 0.3 is 0 Å². The van der Waals surface area contributed by atoms with Gasteiger partial charge in [0.2, 0.25) is 0 Å². The maximum absolute atomic E-state index is 12.6. The zero-order chi connectivity index (χ0) is 14.7. The van der Waals surface area contributed by atoms with Gasteiger partial charge < -0.3 is 0 Å². The predicted molar refractivity (Wildman–Crippen MR) is 80.1 cm³/mol. The van der Waals surface area contributed by atoms with E-state index < -0.39 is 0 Å². The topological polar surface area (TPSA) is 60.7 Å². The monoisotopic (exact) mass is 280 g/mol. The van der Waals surface area contributed by atoms with Crippen molar-refractivity contribution < 1.29 is 4.79 Å². The van der Waals surface area contributed by atoms with Gasteiger partial charge in [-0.15, -0.1) is 0 Å². The number of para-hydroxylation sites is 1. The molecule has 2 aromatic heterocycles. The highest BCUT2D eigenvalue weighted by molar-refractivity contribution is 6.07. The first-order valence-electron chi connectivity index (χ1n) is 7.03. The van der Waals surface area contributed by atoms with Gasteiger partial charge in [-0.3, -0.25) is 9.78 Å². The van der Waals surface area contributed by atoms with Crippen LogP contribution in [0.3, 0.4) is 0 Å². The minimum atomic E-state index is 0.0407. The molecule has 0 fully saturated rings. The molecule has 0 atom stereocenters. The van der Waals surface area contributed by atoms with Gasteiger partial charge in [0, 0.05) is 23.7 Å². The van der Waals surface area contributed by atoms with E-state index in [1.807, 2.05) is 24.3 Å². The van der Waals surface area contributed by atoms with Gasteiger partial charge in [0.15, 0.2) is 5.78 Å². The highest BCUT2D eigenvalue weighted by Gasteiger charge is 2.14. The van der Waals surface area contributed by atoms with Crippen molar-refractivity contribution in [3.63, 3.8) is 0 Å². The second kappa shape index (κ2) is 5.83. The molecule has 5 nitrogen and oxygen atoms in total. The Bertz CT molecular complexity index is 773. The molecule has 0 aliphatic heterocycles. The highest BCUT2D eigenvalue weighted by atomic mass is 16.1. The van der Waals surface area contributed by atoms with E-state index in [9.17, 15) is 4.79 Å². The third kappa shape index (κ3) is 2.67. The van der Waals surface area contributed by atoms with Gasteiger partial charge in [0.05, 0.1) is 11.9 Å². The Morgan fingerprint density at radius 1 is 1.19 bits per heavy atom. The molecule has 0 unspecified atom stereocenters. The number of aryl methyl sites for hydroxylation is 1. The smallest absolute Gasteiger partial charge is 0.171 e.